The van der Waals surface area contributed by atoms with Crippen LogP contribution in [0.15, 0.2) is 121 Å². The van der Waals surface area contributed by atoms with Gasteiger partial charge in [-0.05, 0) is 48.5 Å². The van der Waals surface area contributed by atoms with Crippen LogP contribution in [0.5, 0.6) is 23.0 Å². The van der Waals surface area contributed by atoms with Crippen molar-refractivity contribution in [2.45, 2.75) is 12.1 Å². The summed E-state index contributed by atoms with van der Waals surface area (Å²) in [6.45, 7) is 0. The molecule has 0 saturated carbocycles. The van der Waals surface area contributed by atoms with Crippen molar-refractivity contribution in [2.75, 3.05) is 6.29 Å². The summed E-state index contributed by atoms with van der Waals surface area (Å²) >= 11 is 0. The Labute approximate surface area is 231 Å². The molecule has 1 atom stereocenters. The Hall–Kier alpha value is -4.32. The number of amides is 2. The van der Waals surface area contributed by atoms with Crippen LogP contribution in [-0.2, 0) is 18.7 Å². The fraction of sp³-hybridized carbons (Fsp3) is 0.103. The van der Waals surface area contributed by atoms with Crippen molar-refractivity contribution >= 4 is 27.0 Å². The molecule has 4 aromatic rings. The first-order chi connectivity index (χ1) is 19.3. The number of hydrogen-bond acceptors (Lipinski definition) is 8. The van der Waals surface area contributed by atoms with Gasteiger partial charge < -0.3 is 18.1 Å². The molecule has 1 unspecified atom stereocenters. The predicted molar refractivity (Wildman–Crippen MR) is 149 cm³/mol. The van der Waals surface area contributed by atoms with Crippen LogP contribution in [0.4, 0.5) is 0 Å². The highest BCUT2D eigenvalue weighted by Gasteiger charge is 2.55. The van der Waals surface area contributed by atoms with Crippen molar-refractivity contribution in [1.29, 1.82) is 0 Å². The van der Waals surface area contributed by atoms with Crippen LogP contribution < -0.4 is 18.1 Å². The van der Waals surface area contributed by atoms with Crippen LogP contribution in [-0.4, -0.2) is 28.7 Å². The minimum atomic E-state index is -4.32. The van der Waals surface area contributed by atoms with Gasteiger partial charge in [0, 0.05) is 0 Å². The van der Waals surface area contributed by atoms with Crippen LogP contribution in [0.2, 0.25) is 0 Å². The van der Waals surface area contributed by atoms with Crippen LogP contribution in [0, 0.1) is 0 Å². The molecular formula is C29H25NO8P2. The average molecular weight is 577 g/mol. The molecule has 9 nitrogen and oxygen atoms in total. The number of hydrogen-bond donors (Lipinski definition) is 0. The van der Waals surface area contributed by atoms with Gasteiger partial charge in [0.2, 0.25) is 11.8 Å². The molecular weight excluding hydrogens is 552 g/mol. The fourth-order valence-electron chi connectivity index (χ4n) is 4.00. The normalized spacial score (nSPS) is 15.5. The van der Waals surface area contributed by atoms with E-state index in [4.69, 9.17) is 18.1 Å². The zero-order valence-corrected chi connectivity index (χ0v) is 22.9. The summed E-state index contributed by atoms with van der Waals surface area (Å²) in [5, 5.41) is 0. The van der Waals surface area contributed by atoms with Gasteiger partial charge in [0.05, 0.1) is 6.42 Å². The van der Waals surface area contributed by atoms with Crippen LogP contribution >= 0.6 is 15.2 Å². The molecule has 1 aliphatic rings. The summed E-state index contributed by atoms with van der Waals surface area (Å²) in [6, 6.07) is 33.0. The molecule has 4 aromatic carbocycles. The van der Waals surface area contributed by atoms with Gasteiger partial charge in [-0.25, -0.2) is 9.13 Å². The van der Waals surface area contributed by atoms with Crippen molar-refractivity contribution < 1.29 is 36.8 Å². The van der Waals surface area contributed by atoms with E-state index in [-0.39, 0.29) is 23.0 Å². The average Bonchev–Trinajstić information content (AvgIpc) is 3.24. The van der Waals surface area contributed by atoms with Crippen molar-refractivity contribution in [2.24, 2.45) is 0 Å². The molecule has 0 aromatic heterocycles. The molecule has 0 N–H and O–H groups in total. The molecule has 0 bridgehead atoms. The molecule has 5 rings (SSSR count). The number of rotatable bonds is 11. The minimum Gasteiger partial charge on any atom is -0.416 e. The molecule has 40 heavy (non-hydrogen) atoms. The lowest BCUT2D eigenvalue weighted by Gasteiger charge is -2.25. The van der Waals surface area contributed by atoms with Gasteiger partial charge in [0.25, 0.3) is 0 Å². The maximum Gasteiger partial charge on any atom is 0.450 e. The number of nitrogens with zero attached hydrogens (tertiary/aromatic N) is 1. The second kappa shape index (κ2) is 11.8. The third kappa shape index (κ3) is 6.45. The summed E-state index contributed by atoms with van der Waals surface area (Å²) in [5.41, 5.74) is -1.48. The maximum atomic E-state index is 14.2. The fourth-order valence-corrected chi connectivity index (χ4v) is 7.59. The van der Waals surface area contributed by atoms with Crippen molar-refractivity contribution in [3.63, 3.8) is 0 Å². The summed E-state index contributed by atoms with van der Waals surface area (Å²) in [5.74, 6) is -0.728. The molecule has 2 amide bonds. The topological polar surface area (TPSA) is 108 Å². The summed E-state index contributed by atoms with van der Waals surface area (Å²) in [7, 11) is -8.51. The zero-order chi connectivity index (χ0) is 28.0. The molecule has 11 heteroatoms. The van der Waals surface area contributed by atoms with E-state index < -0.39 is 45.4 Å². The van der Waals surface area contributed by atoms with Gasteiger partial charge in [-0.3, -0.25) is 14.5 Å². The highest BCUT2D eigenvalue weighted by Crippen LogP contribution is 2.57. The number of carbonyl (C=O) groups excluding carboxylic acids is 2. The Balaban J connectivity index is 1.44. The third-order valence-electron chi connectivity index (χ3n) is 5.84. The number of imide groups is 1. The smallest absolute Gasteiger partial charge is 0.416 e. The van der Waals surface area contributed by atoms with E-state index in [0.717, 1.165) is 4.90 Å². The van der Waals surface area contributed by atoms with Crippen molar-refractivity contribution in [1.82, 2.24) is 4.90 Å². The van der Waals surface area contributed by atoms with E-state index in [0.29, 0.717) is 0 Å². The van der Waals surface area contributed by atoms with Gasteiger partial charge in [0.1, 0.15) is 23.0 Å². The molecule has 0 aliphatic carbocycles. The van der Waals surface area contributed by atoms with E-state index in [2.05, 4.69) is 0 Å². The Morgan fingerprint density at radius 2 is 0.925 bits per heavy atom. The highest BCUT2D eigenvalue weighted by atomic mass is 31.2. The summed E-state index contributed by atoms with van der Waals surface area (Å²) < 4.78 is 51.3. The van der Waals surface area contributed by atoms with E-state index in [1.165, 1.54) is 0 Å². The Kier molecular flexibility index (Phi) is 8.06. The first kappa shape index (κ1) is 27.3. The maximum absolute atomic E-state index is 14.2. The van der Waals surface area contributed by atoms with E-state index in [9.17, 15) is 18.7 Å². The third-order valence-corrected chi connectivity index (χ3v) is 9.55. The van der Waals surface area contributed by atoms with Crippen molar-refractivity contribution in [3.05, 3.63) is 121 Å². The number of carbonyl (C=O) groups is 2. The van der Waals surface area contributed by atoms with Crippen LogP contribution in [0.3, 0.4) is 0 Å². The lowest BCUT2D eigenvalue weighted by Crippen LogP contribution is -2.35. The van der Waals surface area contributed by atoms with Gasteiger partial charge in [-0.15, -0.1) is 0 Å². The monoisotopic (exact) mass is 577 g/mol. The lowest BCUT2D eigenvalue weighted by atomic mass is 10.3. The molecule has 0 radical (unpaired) electrons. The summed E-state index contributed by atoms with van der Waals surface area (Å²) in [6.07, 6.45) is -1.19. The quantitative estimate of drug-likeness (QED) is 0.142. The first-order valence-corrected chi connectivity index (χ1v) is 15.7. The second-order valence-electron chi connectivity index (χ2n) is 8.79. The minimum absolute atomic E-state index is 0.200. The molecule has 1 saturated heterocycles. The molecule has 1 heterocycles. The first-order valence-electron chi connectivity index (χ1n) is 12.4. The molecule has 1 aliphatic heterocycles. The number of para-hydroxylation sites is 4. The number of likely N-dealkylation sites (tertiary alicyclic amines) is 1. The van der Waals surface area contributed by atoms with Gasteiger partial charge in [0.15, 0.2) is 11.9 Å². The Bertz CT molecular complexity index is 1460. The Morgan fingerprint density at radius 1 is 0.575 bits per heavy atom. The van der Waals surface area contributed by atoms with E-state index in [1.807, 2.05) is 0 Å². The zero-order valence-electron chi connectivity index (χ0n) is 21.1. The van der Waals surface area contributed by atoms with Gasteiger partial charge in [-0.1, -0.05) is 72.8 Å². The Morgan fingerprint density at radius 3 is 1.30 bits per heavy atom. The molecule has 204 valence electrons. The van der Waals surface area contributed by atoms with E-state index in [1.54, 1.807) is 121 Å². The van der Waals surface area contributed by atoms with Crippen LogP contribution in [0.1, 0.15) is 6.42 Å². The molecule has 0 spiro atoms. The van der Waals surface area contributed by atoms with Gasteiger partial charge >= 0.3 is 15.2 Å². The molecule has 1 fully saturated rings. The van der Waals surface area contributed by atoms with Gasteiger partial charge in [-0.2, -0.15) is 0 Å². The highest BCUT2D eigenvalue weighted by molar-refractivity contribution is 7.57. The van der Waals surface area contributed by atoms with E-state index >= 15 is 0 Å². The van der Waals surface area contributed by atoms with Crippen molar-refractivity contribution in [3.8, 4) is 23.0 Å². The standard InChI is InChI=1S/C29H25NO8P2/c31-28-21-27(40(34,37-25-17-9-3-10-18-25)38-26-19-11-4-12-20-26)29(32)30(28)22-39(33,35-23-13-5-1-6-14-23)36-24-15-7-2-8-16-24/h1-20,27H,21-22H2. The van der Waals surface area contributed by atoms with Crippen LogP contribution in [0.25, 0.3) is 0 Å². The largest absolute Gasteiger partial charge is 0.450 e. The summed E-state index contributed by atoms with van der Waals surface area (Å²) in [4.78, 5) is 27.6. The predicted octanol–water partition coefficient (Wildman–Crippen LogP) is 6.77. The second-order valence-corrected chi connectivity index (χ2v) is 12.7. The number of benzene rings is 4. The SMILES string of the molecule is O=C1CC(P(=O)(Oc2ccccc2)Oc2ccccc2)C(=O)N1CP(=O)(Oc1ccccc1)Oc1ccccc1. The lowest BCUT2D eigenvalue weighted by molar-refractivity contribution is -0.137.